The number of amides is 1. The molecule has 3 atom stereocenters. The molecule has 6 heteroatoms. The summed E-state index contributed by atoms with van der Waals surface area (Å²) in [5.41, 5.74) is 5.37. The first-order valence-electron chi connectivity index (χ1n) is 15.1. The van der Waals surface area contributed by atoms with E-state index in [4.69, 9.17) is 9.47 Å². The molecule has 3 unspecified atom stereocenters. The van der Waals surface area contributed by atoms with Crippen molar-refractivity contribution in [2.75, 3.05) is 19.7 Å². The molecule has 4 aromatic rings. The van der Waals surface area contributed by atoms with Crippen LogP contribution in [0.25, 0.3) is 0 Å². The van der Waals surface area contributed by atoms with Gasteiger partial charge in [-0.15, -0.1) is 0 Å². The number of hydrogen-bond donors (Lipinski definition) is 1. The molecular weight excluding hydrogens is 536 g/mol. The number of benzene rings is 4. The zero-order valence-corrected chi connectivity index (χ0v) is 24.5. The number of hydrogen-bond acceptors (Lipinski definition) is 5. The SMILES string of the molecule is Cc1ccc(OCc2ccccc2)c(C(CC(=O)OCC(=O)NC2C3CN(Cc4ccccc4)CC32)c2ccccc2)c1. The largest absolute Gasteiger partial charge is 0.489 e. The lowest BCUT2D eigenvalue weighted by Crippen LogP contribution is -2.36. The third-order valence-electron chi connectivity index (χ3n) is 8.56. The van der Waals surface area contributed by atoms with Gasteiger partial charge in [0, 0.05) is 37.2 Å². The molecule has 1 amide bonds. The molecule has 6 nitrogen and oxygen atoms in total. The van der Waals surface area contributed by atoms with Crippen molar-refractivity contribution in [3.05, 3.63) is 137 Å². The van der Waals surface area contributed by atoms with Crippen LogP contribution in [0, 0.1) is 18.8 Å². The number of fused-ring (bicyclic) bond motifs is 1. The third kappa shape index (κ3) is 7.33. The van der Waals surface area contributed by atoms with Crippen LogP contribution in [0.1, 0.15) is 40.2 Å². The van der Waals surface area contributed by atoms with E-state index in [0.29, 0.717) is 18.4 Å². The fraction of sp³-hybridized carbons (Fsp3) is 0.297. The van der Waals surface area contributed by atoms with E-state index in [2.05, 4.69) is 40.5 Å². The number of ether oxygens (including phenoxy) is 2. The number of carbonyl (C=O) groups is 2. The molecule has 0 bridgehead atoms. The summed E-state index contributed by atoms with van der Waals surface area (Å²) in [6.45, 7) is 5.09. The summed E-state index contributed by atoms with van der Waals surface area (Å²) >= 11 is 0. The molecule has 6 rings (SSSR count). The minimum atomic E-state index is -0.412. The Labute approximate surface area is 253 Å². The molecule has 0 spiro atoms. The molecule has 4 aromatic carbocycles. The van der Waals surface area contributed by atoms with Crippen LogP contribution in [0.15, 0.2) is 109 Å². The summed E-state index contributed by atoms with van der Waals surface area (Å²) in [6.07, 6.45) is 0.103. The number of nitrogens with one attached hydrogen (secondary N) is 1. The number of esters is 1. The Morgan fingerprint density at radius 3 is 2.14 bits per heavy atom. The summed E-state index contributed by atoms with van der Waals surface area (Å²) in [6, 6.07) is 36.6. The molecular formula is C37H38N2O4. The van der Waals surface area contributed by atoms with E-state index in [-0.39, 0.29) is 30.9 Å². The van der Waals surface area contributed by atoms with Gasteiger partial charge in [0.15, 0.2) is 6.61 Å². The smallest absolute Gasteiger partial charge is 0.307 e. The minimum Gasteiger partial charge on any atom is -0.489 e. The zero-order valence-electron chi connectivity index (χ0n) is 24.5. The quantitative estimate of drug-likeness (QED) is 0.214. The third-order valence-corrected chi connectivity index (χ3v) is 8.56. The number of aryl methyl sites for hydroxylation is 1. The maximum absolute atomic E-state index is 13.1. The van der Waals surface area contributed by atoms with Gasteiger partial charge in [0.1, 0.15) is 12.4 Å². The molecule has 1 saturated heterocycles. The van der Waals surface area contributed by atoms with Gasteiger partial charge in [-0.2, -0.15) is 0 Å². The lowest BCUT2D eigenvalue weighted by molar-refractivity contribution is -0.148. The van der Waals surface area contributed by atoms with E-state index in [0.717, 1.165) is 47.6 Å². The maximum Gasteiger partial charge on any atom is 0.307 e. The van der Waals surface area contributed by atoms with Gasteiger partial charge in [-0.3, -0.25) is 14.5 Å². The molecule has 0 aromatic heterocycles. The summed E-state index contributed by atoms with van der Waals surface area (Å²) in [7, 11) is 0. The summed E-state index contributed by atoms with van der Waals surface area (Å²) in [5.74, 6) is 0.754. The second-order valence-electron chi connectivity index (χ2n) is 11.7. The first-order valence-corrected chi connectivity index (χ1v) is 15.1. The Morgan fingerprint density at radius 2 is 1.47 bits per heavy atom. The highest BCUT2D eigenvalue weighted by Gasteiger charge is 2.56. The van der Waals surface area contributed by atoms with Crippen LogP contribution >= 0.6 is 0 Å². The van der Waals surface area contributed by atoms with E-state index in [9.17, 15) is 9.59 Å². The van der Waals surface area contributed by atoms with E-state index in [1.54, 1.807) is 0 Å². The van der Waals surface area contributed by atoms with Crippen molar-refractivity contribution < 1.29 is 19.1 Å². The lowest BCUT2D eigenvalue weighted by atomic mass is 9.87. The molecule has 2 fully saturated rings. The van der Waals surface area contributed by atoms with Crippen molar-refractivity contribution >= 4 is 11.9 Å². The van der Waals surface area contributed by atoms with Crippen LogP contribution in [0.3, 0.4) is 0 Å². The van der Waals surface area contributed by atoms with Gasteiger partial charge in [0.05, 0.1) is 6.42 Å². The van der Waals surface area contributed by atoms with Crippen LogP contribution in [-0.2, 0) is 27.5 Å². The van der Waals surface area contributed by atoms with Gasteiger partial charge in [0.25, 0.3) is 5.91 Å². The summed E-state index contributed by atoms with van der Waals surface area (Å²) in [5, 5.41) is 3.10. The van der Waals surface area contributed by atoms with E-state index in [1.807, 2.05) is 85.8 Å². The molecule has 43 heavy (non-hydrogen) atoms. The van der Waals surface area contributed by atoms with Gasteiger partial charge < -0.3 is 14.8 Å². The molecule has 1 aliphatic carbocycles. The molecule has 220 valence electrons. The van der Waals surface area contributed by atoms with Crippen LogP contribution in [0.5, 0.6) is 5.75 Å². The zero-order chi connectivity index (χ0) is 29.6. The first kappa shape index (κ1) is 28.7. The fourth-order valence-corrected chi connectivity index (χ4v) is 6.30. The topological polar surface area (TPSA) is 67.9 Å². The Hall–Kier alpha value is -4.42. The molecule has 0 radical (unpaired) electrons. The summed E-state index contributed by atoms with van der Waals surface area (Å²) < 4.78 is 11.8. The molecule has 1 N–H and O–H groups in total. The Kier molecular flexibility index (Phi) is 8.85. The predicted molar refractivity (Wildman–Crippen MR) is 166 cm³/mol. The van der Waals surface area contributed by atoms with Gasteiger partial charge in [-0.05, 0) is 41.5 Å². The Balaban J connectivity index is 1.04. The van der Waals surface area contributed by atoms with Crippen LogP contribution < -0.4 is 10.1 Å². The van der Waals surface area contributed by atoms with Crippen molar-refractivity contribution in [3.8, 4) is 5.75 Å². The second-order valence-corrected chi connectivity index (χ2v) is 11.7. The average molecular weight is 575 g/mol. The standard InChI is InChI=1S/C37H38N2O4/c1-26-17-18-34(42-24-28-13-7-3-8-14-28)31(19-26)30(29-15-9-4-10-16-29)20-36(41)43-25-35(40)38-37-32-22-39(23-33(32)37)21-27-11-5-2-6-12-27/h2-19,30,32-33,37H,20-25H2,1H3,(H,38,40). The van der Waals surface area contributed by atoms with Gasteiger partial charge >= 0.3 is 5.97 Å². The van der Waals surface area contributed by atoms with Gasteiger partial charge in [0.2, 0.25) is 0 Å². The van der Waals surface area contributed by atoms with E-state index >= 15 is 0 Å². The van der Waals surface area contributed by atoms with Crippen LogP contribution in [0.4, 0.5) is 0 Å². The van der Waals surface area contributed by atoms with Crippen LogP contribution in [0.2, 0.25) is 0 Å². The first-order chi connectivity index (χ1) is 21.0. The number of likely N-dealkylation sites (tertiary alicyclic amines) is 1. The van der Waals surface area contributed by atoms with Crippen molar-refractivity contribution in [2.45, 2.75) is 38.5 Å². The molecule has 1 heterocycles. The maximum atomic E-state index is 13.1. The molecule has 1 saturated carbocycles. The van der Waals surface area contributed by atoms with Gasteiger partial charge in [-0.25, -0.2) is 0 Å². The Morgan fingerprint density at radius 1 is 0.837 bits per heavy atom. The van der Waals surface area contributed by atoms with Gasteiger partial charge in [-0.1, -0.05) is 109 Å². The normalized spacial score (nSPS) is 19.7. The fourth-order valence-electron chi connectivity index (χ4n) is 6.30. The van der Waals surface area contributed by atoms with Crippen molar-refractivity contribution in [3.63, 3.8) is 0 Å². The minimum absolute atomic E-state index is 0.103. The number of carbonyl (C=O) groups excluding carboxylic acids is 2. The molecule has 2 aliphatic rings. The van der Waals surface area contributed by atoms with Crippen molar-refractivity contribution in [1.82, 2.24) is 10.2 Å². The monoisotopic (exact) mass is 574 g/mol. The average Bonchev–Trinajstić information content (AvgIpc) is 3.46. The van der Waals surface area contributed by atoms with Crippen LogP contribution in [-0.4, -0.2) is 42.5 Å². The van der Waals surface area contributed by atoms with E-state index < -0.39 is 5.97 Å². The van der Waals surface area contributed by atoms with E-state index in [1.165, 1.54) is 5.56 Å². The number of rotatable bonds is 12. The lowest BCUT2D eigenvalue weighted by Gasteiger charge is -2.22. The number of nitrogens with zero attached hydrogens (tertiary/aromatic N) is 1. The van der Waals surface area contributed by atoms with Crippen molar-refractivity contribution in [1.29, 1.82) is 0 Å². The Bertz CT molecular complexity index is 1510. The highest BCUT2D eigenvalue weighted by molar-refractivity contribution is 5.81. The highest BCUT2D eigenvalue weighted by atomic mass is 16.5. The number of piperidine rings is 1. The highest BCUT2D eigenvalue weighted by Crippen LogP contribution is 2.45. The molecule has 1 aliphatic heterocycles. The predicted octanol–water partition coefficient (Wildman–Crippen LogP) is 5.89. The van der Waals surface area contributed by atoms with Crippen molar-refractivity contribution in [2.24, 2.45) is 11.8 Å². The summed E-state index contributed by atoms with van der Waals surface area (Å²) in [4.78, 5) is 28.3. The second kappa shape index (κ2) is 13.3.